The quantitative estimate of drug-likeness (QED) is 0.912. The van der Waals surface area contributed by atoms with Crippen molar-refractivity contribution in [2.45, 2.75) is 19.0 Å². The number of nitrogens with one attached hydrogen (secondary N) is 1. The Kier molecular flexibility index (Phi) is 4.53. The van der Waals surface area contributed by atoms with E-state index >= 15 is 0 Å². The predicted molar refractivity (Wildman–Crippen MR) is 70.3 cm³/mol. The summed E-state index contributed by atoms with van der Waals surface area (Å²) in [5.74, 6) is -0.459. The fraction of sp³-hybridized carbons (Fsp3) is 0.429. The number of alkyl carbamates (subject to hydrolysis) is 1. The molecule has 0 spiro atoms. The van der Waals surface area contributed by atoms with Crippen LogP contribution in [0.15, 0.2) is 18.2 Å². The highest BCUT2D eigenvalue weighted by molar-refractivity contribution is 5.67. The highest BCUT2D eigenvalue weighted by Crippen LogP contribution is 2.18. The number of carbonyl (C=O) groups excluding carboxylic acids is 1. The number of likely N-dealkylation sites (tertiary alicyclic amines) is 1. The molecule has 0 bridgehead atoms. The summed E-state index contributed by atoms with van der Waals surface area (Å²) in [7, 11) is 1.32. The van der Waals surface area contributed by atoms with Crippen LogP contribution in [-0.4, -0.2) is 37.2 Å². The molecule has 1 aromatic carbocycles. The van der Waals surface area contributed by atoms with Crippen LogP contribution in [0.5, 0.6) is 0 Å². The zero-order valence-corrected chi connectivity index (χ0v) is 11.2. The van der Waals surface area contributed by atoms with Crippen LogP contribution in [0.25, 0.3) is 0 Å². The van der Waals surface area contributed by atoms with Crippen LogP contribution in [0.1, 0.15) is 17.5 Å². The molecular weight excluding hydrogens is 261 g/mol. The molecule has 1 amide bonds. The number of nitrogens with zero attached hydrogens (tertiary/aromatic N) is 2. The van der Waals surface area contributed by atoms with Gasteiger partial charge in [0.25, 0.3) is 0 Å². The zero-order chi connectivity index (χ0) is 14.5. The molecule has 1 saturated heterocycles. The molecule has 0 radical (unpaired) electrons. The van der Waals surface area contributed by atoms with Gasteiger partial charge in [-0.2, -0.15) is 5.26 Å². The Morgan fingerprint density at radius 1 is 1.65 bits per heavy atom. The molecule has 1 aromatic rings. The SMILES string of the molecule is COC(=O)NC1CCN(Cc2cccc(C#N)c2F)C1. The molecule has 20 heavy (non-hydrogen) atoms. The first-order valence-electron chi connectivity index (χ1n) is 6.38. The molecule has 2 rings (SSSR count). The van der Waals surface area contributed by atoms with E-state index in [2.05, 4.69) is 10.1 Å². The maximum atomic E-state index is 13.9. The van der Waals surface area contributed by atoms with Gasteiger partial charge in [0.15, 0.2) is 0 Å². The lowest BCUT2D eigenvalue weighted by Crippen LogP contribution is -2.36. The van der Waals surface area contributed by atoms with E-state index in [1.54, 1.807) is 12.1 Å². The van der Waals surface area contributed by atoms with Gasteiger partial charge in [0.05, 0.1) is 12.7 Å². The number of methoxy groups -OCH3 is 1. The number of hydrogen-bond donors (Lipinski definition) is 1. The maximum Gasteiger partial charge on any atom is 0.407 e. The fourth-order valence-corrected chi connectivity index (χ4v) is 2.35. The zero-order valence-electron chi connectivity index (χ0n) is 11.2. The fourth-order valence-electron chi connectivity index (χ4n) is 2.35. The molecule has 106 valence electrons. The number of hydrogen-bond acceptors (Lipinski definition) is 4. The van der Waals surface area contributed by atoms with Crippen molar-refractivity contribution in [1.29, 1.82) is 5.26 Å². The van der Waals surface area contributed by atoms with Crippen molar-refractivity contribution in [3.05, 3.63) is 35.1 Å². The van der Waals surface area contributed by atoms with E-state index in [0.717, 1.165) is 13.0 Å². The van der Waals surface area contributed by atoms with Crippen LogP contribution in [0, 0.1) is 17.1 Å². The molecule has 1 heterocycles. The van der Waals surface area contributed by atoms with Crippen LogP contribution in [-0.2, 0) is 11.3 Å². The van der Waals surface area contributed by atoms with Crippen molar-refractivity contribution in [3.8, 4) is 6.07 Å². The molecule has 0 aromatic heterocycles. The molecule has 0 saturated carbocycles. The molecule has 1 N–H and O–H groups in total. The predicted octanol–water partition coefficient (Wildman–Crippen LogP) is 1.63. The summed E-state index contributed by atoms with van der Waals surface area (Å²) in [6.45, 7) is 1.84. The molecule has 5 nitrogen and oxygen atoms in total. The van der Waals surface area contributed by atoms with Crippen LogP contribution in [0.2, 0.25) is 0 Å². The smallest absolute Gasteiger partial charge is 0.407 e. The standard InChI is InChI=1S/C14H16FN3O2/c1-20-14(19)17-12-5-6-18(9-12)8-11-4-2-3-10(7-16)13(11)15/h2-4,12H,5-6,8-9H2,1H3,(H,17,19). The van der Waals surface area contributed by atoms with Crippen molar-refractivity contribution in [2.24, 2.45) is 0 Å². The maximum absolute atomic E-state index is 13.9. The van der Waals surface area contributed by atoms with Gasteiger partial charge in [-0.1, -0.05) is 12.1 Å². The number of benzene rings is 1. The third-order valence-electron chi connectivity index (χ3n) is 3.37. The average Bonchev–Trinajstić information content (AvgIpc) is 2.88. The van der Waals surface area contributed by atoms with Crippen LogP contribution in [0.3, 0.4) is 0 Å². The van der Waals surface area contributed by atoms with E-state index in [1.165, 1.54) is 13.2 Å². The molecule has 0 aliphatic carbocycles. The van der Waals surface area contributed by atoms with Gasteiger partial charge in [-0.3, -0.25) is 4.90 Å². The number of carbonyl (C=O) groups is 1. The number of nitriles is 1. The van der Waals surface area contributed by atoms with Crippen LogP contribution < -0.4 is 5.32 Å². The van der Waals surface area contributed by atoms with Crippen molar-refractivity contribution < 1.29 is 13.9 Å². The summed E-state index contributed by atoms with van der Waals surface area (Å²) in [6, 6.07) is 6.67. The molecule has 1 aliphatic rings. The van der Waals surface area contributed by atoms with Crippen molar-refractivity contribution >= 4 is 6.09 Å². The topological polar surface area (TPSA) is 65.4 Å². The first kappa shape index (κ1) is 14.3. The van der Waals surface area contributed by atoms with Gasteiger partial charge in [-0.05, 0) is 12.5 Å². The van der Waals surface area contributed by atoms with E-state index in [9.17, 15) is 9.18 Å². The molecule has 1 atom stereocenters. The third kappa shape index (κ3) is 3.25. The highest BCUT2D eigenvalue weighted by atomic mass is 19.1. The van der Waals surface area contributed by atoms with Gasteiger partial charge >= 0.3 is 6.09 Å². The van der Waals surface area contributed by atoms with Gasteiger partial charge in [0, 0.05) is 31.2 Å². The van der Waals surface area contributed by atoms with E-state index < -0.39 is 11.9 Å². The van der Waals surface area contributed by atoms with Gasteiger partial charge < -0.3 is 10.1 Å². The Labute approximate surface area is 116 Å². The Hall–Kier alpha value is -2.13. The Balaban J connectivity index is 1.96. The lowest BCUT2D eigenvalue weighted by atomic mass is 10.1. The second-order valence-electron chi connectivity index (χ2n) is 4.75. The minimum Gasteiger partial charge on any atom is -0.453 e. The highest BCUT2D eigenvalue weighted by Gasteiger charge is 2.24. The third-order valence-corrected chi connectivity index (χ3v) is 3.37. The molecule has 1 aliphatic heterocycles. The van der Waals surface area contributed by atoms with Crippen molar-refractivity contribution in [3.63, 3.8) is 0 Å². The van der Waals surface area contributed by atoms with Crippen LogP contribution >= 0.6 is 0 Å². The Morgan fingerprint density at radius 2 is 2.45 bits per heavy atom. The lowest BCUT2D eigenvalue weighted by Gasteiger charge is -2.17. The summed E-state index contributed by atoms with van der Waals surface area (Å²) in [4.78, 5) is 13.2. The van der Waals surface area contributed by atoms with E-state index in [0.29, 0.717) is 18.7 Å². The van der Waals surface area contributed by atoms with Gasteiger partial charge in [-0.25, -0.2) is 9.18 Å². The molecule has 6 heteroatoms. The summed E-state index contributed by atoms with van der Waals surface area (Å²) >= 11 is 0. The van der Waals surface area contributed by atoms with Gasteiger partial charge in [0.1, 0.15) is 11.9 Å². The van der Waals surface area contributed by atoms with E-state index in [4.69, 9.17) is 5.26 Å². The van der Waals surface area contributed by atoms with Crippen molar-refractivity contribution in [1.82, 2.24) is 10.2 Å². The second kappa shape index (κ2) is 6.35. The Morgan fingerprint density at radius 3 is 3.15 bits per heavy atom. The summed E-state index contributed by atoms with van der Waals surface area (Å²) in [5, 5.41) is 11.5. The first-order valence-corrected chi connectivity index (χ1v) is 6.38. The van der Waals surface area contributed by atoms with E-state index in [-0.39, 0.29) is 11.6 Å². The van der Waals surface area contributed by atoms with E-state index in [1.807, 2.05) is 11.0 Å². The number of halogens is 1. The number of rotatable bonds is 3. The average molecular weight is 277 g/mol. The minimum atomic E-state index is -0.459. The minimum absolute atomic E-state index is 0.0182. The molecule has 1 unspecified atom stereocenters. The number of amides is 1. The molecular formula is C14H16FN3O2. The first-order chi connectivity index (χ1) is 9.63. The number of ether oxygens (including phenoxy) is 1. The Bertz CT molecular complexity index is 542. The summed E-state index contributed by atoms with van der Waals surface area (Å²) in [5.41, 5.74) is 0.564. The normalized spacial score (nSPS) is 18.6. The van der Waals surface area contributed by atoms with Gasteiger partial charge in [-0.15, -0.1) is 0 Å². The summed E-state index contributed by atoms with van der Waals surface area (Å²) < 4.78 is 18.5. The summed E-state index contributed by atoms with van der Waals surface area (Å²) in [6.07, 6.45) is 0.351. The van der Waals surface area contributed by atoms with Crippen molar-refractivity contribution in [2.75, 3.05) is 20.2 Å². The largest absolute Gasteiger partial charge is 0.453 e. The second-order valence-corrected chi connectivity index (χ2v) is 4.75. The van der Waals surface area contributed by atoms with Crippen LogP contribution in [0.4, 0.5) is 9.18 Å². The monoisotopic (exact) mass is 277 g/mol. The lowest BCUT2D eigenvalue weighted by molar-refractivity contribution is 0.166. The van der Waals surface area contributed by atoms with Gasteiger partial charge in [0.2, 0.25) is 0 Å². The molecule has 1 fully saturated rings.